The molecular formula is C8H11N3S. The second-order valence-corrected chi connectivity index (χ2v) is 4.19. The number of hydrogen-bond donors (Lipinski definition) is 1. The number of rotatable bonds is 1. The first-order valence-electron chi connectivity index (χ1n) is 4.05. The Hall–Kier alpha value is -0.900. The molecule has 0 amide bonds. The minimum atomic E-state index is 0.944. The fourth-order valence-corrected chi connectivity index (χ4v) is 2.48. The smallest absolute Gasteiger partial charge is 0.148 e. The number of nitrogens with zero attached hydrogens (tertiary/aromatic N) is 2. The fourth-order valence-electron chi connectivity index (χ4n) is 1.49. The summed E-state index contributed by atoms with van der Waals surface area (Å²) < 4.78 is 0. The lowest BCUT2D eigenvalue weighted by atomic mass is 10.2. The molecule has 0 aromatic carbocycles. The van der Waals surface area contributed by atoms with Gasteiger partial charge in [-0.05, 0) is 19.8 Å². The van der Waals surface area contributed by atoms with Crippen LogP contribution in [0.5, 0.6) is 0 Å². The summed E-state index contributed by atoms with van der Waals surface area (Å²) in [5.74, 6) is 1.01. The van der Waals surface area contributed by atoms with E-state index in [1.54, 1.807) is 11.3 Å². The largest absolute Gasteiger partial charge is 0.317 e. The lowest BCUT2D eigenvalue weighted by molar-refractivity contribution is 0.784. The molecule has 1 aliphatic heterocycles. The standard InChI is InChI=1S/C8H11N3S/c1-6-10-8-7(12-6)3-2-4-11(8)5-9/h5,9H,2-4H2,1H3. The van der Waals surface area contributed by atoms with Gasteiger partial charge < -0.3 is 4.90 Å². The van der Waals surface area contributed by atoms with Crippen LogP contribution in [0.4, 0.5) is 5.82 Å². The molecular weight excluding hydrogens is 170 g/mol. The van der Waals surface area contributed by atoms with Crippen molar-refractivity contribution in [3.05, 3.63) is 9.88 Å². The molecule has 2 rings (SSSR count). The number of hydrogen-bond acceptors (Lipinski definition) is 3. The van der Waals surface area contributed by atoms with Gasteiger partial charge in [0.2, 0.25) is 0 Å². The molecule has 12 heavy (non-hydrogen) atoms. The van der Waals surface area contributed by atoms with Gasteiger partial charge in [-0.3, -0.25) is 5.41 Å². The molecule has 2 heterocycles. The molecule has 0 aliphatic carbocycles. The van der Waals surface area contributed by atoms with Crippen molar-refractivity contribution in [3.8, 4) is 0 Å². The molecule has 4 heteroatoms. The Labute approximate surface area is 75.6 Å². The molecule has 1 aromatic rings. The minimum absolute atomic E-state index is 0.944. The summed E-state index contributed by atoms with van der Waals surface area (Å²) in [7, 11) is 0. The van der Waals surface area contributed by atoms with Crippen LogP contribution in [0.1, 0.15) is 16.3 Å². The summed E-state index contributed by atoms with van der Waals surface area (Å²) in [5, 5.41) is 8.31. The van der Waals surface area contributed by atoms with Gasteiger partial charge in [-0.25, -0.2) is 4.98 Å². The second-order valence-electron chi connectivity index (χ2n) is 2.91. The first-order chi connectivity index (χ1) is 5.81. The van der Waals surface area contributed by atoms with Crippen molar-refractivity contribution in [2.75, 3.05) is 11.4 Å². The zero-order valence-electron chi connectivity index (χ0n) is 7.00. The summed E-state index contributed by atoms with van der Waals surface area (Å²) in [4.78, 5) is 7.65. The molecule has 0 radical (unpaired) electrons. The number of thiazole rings is 1. The van der Waals surface area contributed by atoms with E-state index in [1.165, 1.54) is 11.2 Å². The lowest BCUT2D eigenvalue weighted by Gasteiger charge is -2.21. The number of aryl methyl sites for hydroxylation is 2. The van der Waals surface area contributed by atoms with Gasteiger partial charge >= 0.3 is 0 Å². The summed E-state index contributed by atoms with van der Waals surface area (Å²) in [6, 6.07) is 0. The van der Waals surface area contributed by atoms with Crippen LogP contribution in [-0.4, -0.2) is 17.9 Å². The zero-order valence-corrected chi connectivity index (χ0v) is 7.82. The first kappa shape index (κ1) is 7.73. The van der Waals surface area contributed by atoms with Crippen LogP contribution in [0.15, 0.2) is 0 Å². The molecule has 0 atom stereocenters. The van der Waals surface area contributed by atoms with E-state index in [1.807, 2.05) is 11.8 Å². The van der Waals surface area contributed by atoms with E-state index in [0.717, 1.165) is 30.2 Å². The molecule has 0 unspecified atom stereocenters. The molecule has 3 nitrogen and oxygen atoms in total. The van der Waals surface area contributed by atoms with Gasteiger partial charge in [0.05, 0.1) is 11.3 Å². The maximum atomic E-state index is 7.20. The number of fused-ring (bicyclic) bond motifs is 1. The van der Waals surface area contributed by atoms with Crippen LogP contribution < -0.4 is 4.90 Å². The maximum Gasteiger partial charge on any atom is 0.148 e. The molecule has 0 saturated heterocycles. The molecule has 0 fully saturated rings. The average molecular weight is 181 g/mol. The van der Waals surface area contributed by atoms with Crippen molar-refractivity contribution in [1.29, 1.82) is 5.41 Å². The van der Waals surface area contributed by atoms with Crippen molar-refractivity contribution >= 4 is 23.5 Å². The van der Waals surface area contributed by atoms with E-state index >= 15 is 0 Å². The maximum absolute atomic E-state index is 7.20. The predicted octanol–water partition coefficient (Wildman–Crippen LogP) is 1.81. The van der Waals surface area contributed by atoms with E-state index in [9.17, 15) is 0 Å². The lowest BCUT2D eigenvalue weighted by Crippen LogP contribution is -2.26. The highest BCUT2D eigenvalue weighted by atomic mass is 32.1. The first-order valence-corrected chi connectivity index (χ1v) is 4.86. The monoisotopic (exact) mass is 181 g/mol. The number of anilines is 1. The van der Waals surface area contributed by atoms with Gasteiger partial charge in [0.15, 0.2) is 0 Å². The van der Waals surface area contributed by atoms with E-state index < -0.39 is 0 Å². The Morgan fingerprint density at radius 3 is 3.25 bits per heavy atom. The van der Waals surface area contributed by atoms with Crippen LogP contribution in [0, 0.1) is 12.3 Å². The number of aromatic nitrogens is 1. The average Bonchev–Trinajstić information content (AvgIpc) is 2.44. The Morgan fingerprint density at radius 2 is 2.50 bits per heavy atom. The van der Waals surface area contributed by atoms with Crippen LogP contribution in [0.25, 0.3) is 0 Å². The van der Waals surface area contributed by atoms with Crippen molar-refractivity contribution in [2.24, 2.45) is 0 Å². The molecule has 64 valence electrons. The minimum Gasteiger partial charge on any atom is -0.317 e. The molecule has 0 bridgehead atoms. The van der Waals surface area contributed by atoms with Crippen LogP contribution in [-0.2, 0) is 6.42 Å². The molecule has 0 saturated carbocycles. The Bertz CT molecular complexity index is 305. The molecule has 1 aromatic heterocycles. The van der Waals surface area contributed by atoms with Gasteiger partial charge in [0.1, 0.15) is 5.82 Å². The van der Waals surface area contributed by atoms with E-state index in [0.29, 0.717) is 0 Å². The summed E-state index contributed by atoms with van der Waals surface area (Å²) in [6.45, 7) is 2.96. The van der Waals surface area contributed by atoms with Crippen molar-refractivity contribution < 1.29 is 0 Å². The van der Waals surface area contributed by atoms with E-state index in [-0.39, 0.29) is 0 Å². The van der Waals surface area contributed by atoms with Gasteiger partial charge in [0, 0.05) is 11.4 Å². The van der Waals surface area contributed by atoms with Crippen LogP contribution in [0.3, 0.4) is 0 Å². The van der Waals surface area contributed by atoms with Crippen LogP contribution >= 0.6 is 11.3 Å². The highest BCUT2D eigenvalue weighted by Gasteiger charge is 2.18. The third-order valence-corrected chi connectivity index (χ3v) is 3.03. The number of nitrogens with one attached hydrogen (secondary N) is 1. The third-order valence-electron chi connectivity index (χ3n) is 2.01. The van der Waals surface area contributed by atoms with Gasteiger partial charge in [-0.2, -0.15) is 0 Å². The van der Waals surface area contributed by atoms with Crippen molar-refractivity contribution in [2.45, 2.75) is 19.8 Å². The Morgan fingerprint density at radius 1 is 1.67 bits per heavy atom. The van der Waals surface area contributed by atoms with Crippen LogP contribution in [0.2, 0.25) is 0 Å². The van der Waals surface area contributed by atoms with Gasteiger partial charge in [-0.1, -0.05) is 0 Å². The SMILES string of the molecule is Cc1nc2c(s1)CCCN2C=N. The molecule has 1 aliphatic rings. The Kier molecular flexibility index (Phi) is 1.84. The van der Waals surface area contributed by atoms with Gasteiger partial charge in [0.25, 0.3) is 0 Å². The highest BCUT2D eigenvalue weighted by molar-refractivity contribution is 7.12. The highest BCUT2D eigenvalue weighted by Crippen LogP contribution is 2.30. The Balaban J connectivity index is 2.43. The molecule has 0 spiro atoms. The predicted molar refractivity (Wildman–Crippen MR) is 51.3 cm³/mol. The quantitative estimate of drug-likeness (QED) is 0.530. The topological polar surface area (TPSA) is 40.0 Å². The van der Waals surface area contributed by atoms with Crippen molar-refractivity contribution in [3.63, 3.8) is 0 Å². The third kappa shape index (κ3) is 1.12. The second kappa shape index (κ2) is 2.86. The molecule has 1 N–H and O–H groups in total. The van der Waals surface area contributed by atoms with E-state index in [4.69, 9.17) is 5.41 Å². The summed E-state index contributed by atoms with van der Waals surface area (Å²) >= 11 is 1.75. The zero-order chi connectivity index (χ0) is 8.55. The van der Waals surface area contributed by atoms with Gasteiger partial charge in [-0.15, -0.1) is 11.3 Å². The fraction of sp³-hybridized carbons (Fsp3) is 0.500. The van der Waals surface area contributed by atoms with E-state index in [2.05, 4.69) is 4.98 Å². The van der Waals surface area contributed by atoms with Crippen molar-refractivity contribution in [1.82, 2.24) is 4.98 Å². The normalized spacial score (nSPS) is 15.9. The summed E-state index contributed by atoms with van der Waals surface area (Å²) in [6.07, 6.45) is 3.65. The summed E-state index contributed by atoms with van der Waals surface area (Å²) in [5.41, 5.74) is 0.